The van der Waals surface area contributed by atoms with E-state index in [1.165, 1.54) is 0 Å². The quantitative estimate of drug-likeness (QED) is 0.778. The molecular weight excluding hydrogens is 366 g/mol. The molecule has 29 heavy (non-hydrogen) atoms. The molecule has 1 spiro atoms. The summed E-state index contributed by atoms with van der Waals surface area (Å²) >= 11 is 0. The van der Waals surface area contributed by atoms with Crippen molar-refractivity contribution < 1.29 is 9.59 Å². The third kappa shape index (κ3) is 2.14. The fourth-order valence-corrected chi connectivity index (χ4v) is 6.20. The molecule has 5 heterocycles. The van der Waals surface area contributed by atoms with E-state index in [2.05, 4.69) is 20.4 Å². The van der Waals surface area contributed by atoms with Gasteiger partial charge in [-0.15, -0.1) is 0 Å². The lowest BCUT2D eigenvalue weighted by molar-refractivity contribution is -0.145. The monoisotopic (exact) mass is 391 g/mol. The van der Waals surface area contributed by atoms with Crippen molar-refractivity contribution in [1.29, 1.82) is 0 Å². The zero-order valence-electron chi connectivity index (χ0n) is 16.6. The number of benzene rings is 1. The van der Waals surface area contributed by atoms with Crippen LogP contribution in [0.1, 0.15) is 41.8 Å². The molecule has 2 aromatic rings. The van der Waals surface area contributed by atoms with Gasteiger partial charge in [0.25, 0.3) is 0 Å². The Bertz CT molecular complexity index is 1030. The van der Waals surface area contributed by atoms with Crippen LogP contribution in [-0.2, 0) is 28.1 Å². The molecule has 2 amide bonds. The number of carbonyl (C=O) groups is 2. The van der Waals surface area contributed by atoms with Gasteiger partial charge in [0.05, 0.1) is 11.6 Å². The summed E-state index contributed by atoms with van der Waals surface area (Å²) in [6, 6.07) is 8.21. The Balaban J connectivity index is 1.42. The van der Waals surface area contributed by atoms with Crippen molar-refractivity contribution in [1.82, 2.24) is 20.0 Å². The SMILES string of the molecule is Cc1[nH]nc2c1CN(C(=O)[C@@H]1C[C@H]3CCCN3[C@]13C(=O)Nc1ccccc13)CC2. The summed E-state index contributed by atoms with van der Waals surface area (Å²) in [5, 5.41) is 10.5. The maximum absolute atomic E-state index is 13.9. The Morgan fingerprint density at radius 1 is 1.28 bits per heavy atom. The maximum atomic E-state index is 13.9. The number of aromatic amines is 1. The lowest BCUT2D eigenvalue weighted by Gasteiger charge is -2.39. The molecule has 0 radical (unpaired) electrons. The largest absolute Gasteiger partial charge is 0.338 e. The summed E-state index contributed by atoms with van der Waals surface area (Å²) in [5.74, 6) is -0.263. The summed E-state index contributed by atoms with van der Waals surface area (Å²) in [4.78, 5) is 31.6. The summed E-state index contributed by atoms with van der Waals surface area (Å²) in [5.41, 5.74) is 4.20. The van der Waals surface area contributed by atoms with E-state index in [1.54, 1.807) is 0 Å². The molecule has 0 saturated carbocycles. The zero-order chi connectivity index (χ0) is 19.8. The van der Waals surface area contributed by atoms with Gasteiger partial charge in [0.15, 0.2) is 0 Å². The second kappa shape index (κ2) is 5.92. The number of aromatic nitrogens is 2. The number of hydrogen-bond donors (Lipinski definition) is 2. The van der Waals surface area contributed by atoms with Gasteiger partial charge >= 0.3 is 0 Å². The smallest absolute Gasteiger partial charge is 0.250 e. The Kier molecular flexibility index (Phi) is 3.51. The van der Waals surface area contributed by atoms with Crippen LogP contribution in [0.4, 0.5) is 5.69 Å². The number of fused-ring (bicyclic) bond motifs is 5. The molecular formula is C22H25N5O2. The third-order valence-corrected chi connectivity index (χ3v) is 7.51. The van der Waals surface area contributed by atoms with Gasteiger partial charge in [-0.3, -0.25) is 19.6 Å². The van der Waals surface area contributed by atoms with Gasteiger partial charge < -0.3 is 10.2 Å². The van der Waals surface area contributed by atoms with Gasteiger partial charge in [-0.25, -0.2) is 0 Å². The van der Waals surface area contributed by atoms with Crippen LogP contribution in [0.2, 0.25) is 0 Å². The van der Waals surface area contributed by atoms with E-state index < -0.39 is 5.54 Å². The Hall–Kier alpha value is -2.67. The molecule has 1 aromatic heterocycles. The first-order valence-electron chi connectivity index (χ1n) is 10.6. The molecule has 3 atom stereocenters. The van der Waals surface area contributed by atoms with Crippen LogP contribution in [0.15, 0.2) is 24.3 Å². The first kappa shape index (κ1) is 17.2. The second-order valence-electron chi connectivity index (χ2n) is 8.83. The predicted octanol–water partition coefficient (Wildman–Crippen LogP) is 1.93. The minimum Gasteiger partial charge on any atom is -0.338 e. The number of hydrogen-bond acceptors (Lipinski definition) is 4. The van der Waals surface area contributed by atoms with Crippen molar-refractivity contribution in [3.05, 3.63) is 46.8 Å². The van der Waals surface area contributed by atoms with E-state index in [0.29, 0.717) is 19.1 Å². The van der Waals surface area contributed by atoms with E-state index in [9.17, 15) is 9.59 Å². The van der Waals surface area contributed by atoms with E-state index in [1.807, 2.05) is 36.1 Å². The molecule has 7 heteroatoms. The molecule has 4 aliphatic heterocycles. The van der Waals surface area contributed by atoms with Gasteiger partial charge in [0, 0.05) is 48.1 Å². The average molecular weight is 391 g/mol. The molecule has 0 unspecified atom stereocenters. The lowest BCUT2D eigenvalue weighted by atomic mass is 9.77. The molecule has 0 aliphatic carbocycles. The van der Waals surface area contributed by atoms with Crippen molar-refractivity contribution >= 4 is 17.5 Å². The summed E-state index contributed by atoms with van der Waals surface area (Å²) in [6.45, 7) is 4.13. The van der Waals surface area contributed by atoms with Gasteiger partial charge in [0.2, 0.25) is 11.8 Å². The third-order valence-electron chi connectivity index (χ3n) is 7.51. The minimum atomic E-state index is -0.861. The number of nitrogens with zero attached hydrogens (tertiary/aromatic N) is 3. The number of amides is 2. The van der Waals surface area contributed by atoms with Crippen LogP contribution in [-0.4, -0.2) is 50.9 Å². The highest BCUT2D eigenvalue weighted by molar-refractivity contribution is 6.09. The van der Waals surface area contributed by atoms with Crippen molar-refractivity contribution in [2.75, 3.05) is 18.4 Å². The minimum absolute atomic E-state index is 0.0290. The van der Waals surface area contributed by atoms with Crippen molar-refractivity contribution in [3.63, 3.8) is 0 Å². The van der Waals surface area contributed by atoms with Gasteiger partial charge in [-0.05, 0) is 38.8 Å². The molecule has 2 fully saturated rings. The molecule has 0 bridgehead atoms. The van der Waals surface area contributed by atoms with Crippen LogP contribution >= 0.6 is 0 Å². The van der Waals surface area contributed by atoms with Crippen molar-refractivity contribution in [2.45, 2.75) is 50.7 Å². The average Bonchev–Trinajstić information content (AvgIpc) is 3.47. The van der Waals surface area contributed by atoms with E-state index in [4.69, 9.17) is 0 Å². The zero-order valence-corrected chi connectivity index (χ0v) is 16.6. The Morgan fingerprint density at radius 2 is 2.14 bits per heavy atom. The van der Waals surface area contributed by atoms with Gasteiger partial charge in [0.1, 0.15) is 5.54 Å². The molecule has 1 aromatic carbocycles. The number of anilines is 1. The predicted molar refractivity (Wildman–Crippen MR) is 107 cm³/mol. The number of nitrogens with one attached hydrogen (secondary N) is 2. The summed E-state index contributed by atoms with van der Waals surface area (Å²) in [7, 11) is 0. The van der Waals surface area contributed by atoms with Crippen LogP contribution in [0.5, 0.6) is 0 Å². The van der Waals surface area contributed by atoms with Crippen LogP contribution in [0.25, 0.3) is 0 Å². The topological polar surface area (TPSA) is 81.3 Å². The van der Waals surface area contributed by atoms with E-state index >= 15 is 0 Å². The van der Waals surface area contributed by atoms with Crippen LogP contribution in [0.3, 0.4) is 0 Å². The van der Waals surface area contributed by atoms with Crippen molar-refractivity contribution in [3.8, 4) is 0 Å². The molecule has 4 aliphatic rings. The van der Waals surface area contributed by atoms with Crippen LogP contribution in [0, 0.1) is 12.8 Å². The Morgan fingerprint density at radius 3 is 3.03 bits per heavy atom. The van der Waals surface area contributed by atoms with E-state index in [-0.39, 0.29) is 17.7 Å². The van der Waals surface area contributed by atoms with Crippen molar-refractivity contribution in [2.24, 2.45) is 5.92 Å². The highest BCUT2D eigenvalue weighted by Gasteiger charge is 2.65. The number of H-pyrrole nitrogens is 1. The highest BCUT2D eigenvalue weighted by atomic mass is 16.2. The van der Waals surface area contributed by atoms with Gasteiger partial charge in [-0.2, -0.15) is 5.10 Å². The maximum Gasteiger partial charge on any atom is 0.250 e. The highest BCUT2D eigenvalue weighted by Crippen LogP contribution is 2.55. The summed E-state index contributed by atoms with van der Waals surface area (Å²) in [6.07, 6.45) is 3.67. The lowest BCUT2D eigenvalue weighted by Crippen LogP contribution is -2.55. The molecule has 150 valence electrons. The number of para-hydroxylation sites is 1. The first-order valence-corrected chi connectivity index (χ1v) is 10.6. The Labute approximate surface area is 169 Å². The summed E-state index contributed by atoms with van der Waals surface area (Å²) < 4.78 is 0. The second-order valence-corrected chi connectivity index (χ2v) is 8.83. The number of carbonyl (C=O) groups excluding carboxylic acids is 2. The molecule has 2 N–H and O–H groups in total. The standard InChI is InChI=1S/C22H25N5O2/c1-13-15-12-26(10-8-18(15)25-24-13)20(28)17-11-14-5-4-9-27(14)22(17)16-6-2-3-7-19(16)23-21(22)29/h2-3,6-7,14,17H,4-5,8-12H2,1H3,(H,23,29)(H,24,25)/t14-,17+,22+/m1/s1. The van der Waals surface area contributed by atoms with Crippen LogP contribution < -0.4 is 5.32 Å². The van der Waals surface area contributed by atoms with E-state index in [0.717, 1.165) is 60.4 Å². The molecule has 6 rings (SSSR count). The number of aryl methyl sites for hydroxylation is 1. The van der Waals surface area contributed by atoms with Gasteiger partial charge in [-0.1, -0.05) is 18.2 Å². The fourth-order valence-electron chi connectivity index (χ4n) is 6.20. The fraction of sp³-hybridized carbons (Fsp3) is 0.500. The molecule has 7 nitrogen and oxygen atoms in total. The number of rotatable bonds is 1. The normalized spacial score (nSPS) is 30.4. The molecule has 2 saturated heterocycles. The first-order chi connectivity index (χ1) is 14.1.